The lowest BCUT2D eigenvalue weighted by Crippen LogP contribution is -2.25. The fourth-order valence-electron chi connectivity index (χ4n) is 1.81. The van der Waals surface area contributed by atoms with Crippen LogP contribution in [-0.4, -0.2) is 26.0 Å². The molecule has 0 aliphatic heterocycles. The highest BCUT2D eigenvalue weighted by Crippen LogP contribution is 2.23. The lowest BCUT2D eigenvalue weighted by molar-refractivity contribution is 0.101. The zero-order valence-corrected chi connectivity index (χ0v) is 12.6. The SMILES string of the molecule is COCCC(C)(C)CNc1cc(C(C)=O)ccc1C#N. The molecule has 0 spiro atoms. The Kier molecular flexibility index (Phi) is 5.72. The quantitative estimate of drug-likeness (QED) is 0.775. The molecule has 0 aliphatic carbocycles. The third-order valence-electron chi connectivity index (χ3n) is 3.29. The number of carbonyl (C=O) groups excluding carboxylic acids is 1. The van der Waals surface area contributed by atoms with Crippen LogP contribution in [0.15, 0.2) is 18.2 Å². The van der Waals surface area contributed by atoms with Crippen LogP contribution in [0.2, 0.25) is 0 Å². The van der Waals surface area contributed by atoms with Crippen LogP contribution in [0.4, 0.5) is 5.69 Å². The van der Waals surface area contributed by atoms with Gasteiger partial charge in [-0.05, 0) is 37.0 Å². The number of nitriles is 1. The van der Waals surface area contributed by atoms with E-state index in [1.165, 1.54) is 6.92 Å². The van der Waals surface area contributed by atoms with Gasteiger partial charge in [0.15, 0.2) is 5.78 Å². The molecule has 0 aromatic heterocycles. The van der Waals surface area contributed by atoms with Gasteiger partial charge in [0.2, 0.25) is 0 Å². The normalized spacial score (nSPS) is 10.9. The number of Topliss-reactive ketones (excluding diaryl/α,β-unsaturated/α-hetero) is 1. The molecule has 0 amide bonds. The number of nitrogens with zero attached hydrogens (tertiary/aromatic N) is 1. The smallest absolute Gasteiger partial charge is 0.159 e. The van der Waals surface area contributed by atoms with Gasteiger partial charge in [-0.15, -0.1) is 0 Å². The molecule has 4 nitrogen and oxygen atoms in total. The van der Waals surface area contributed by atoms with E-state index in [0.717, 1.165) is 6.42 Å². The molecule has 1 N–H and O–H groups in total. The standard InChI is InChI=1S/C16H22N2O2/c1-12(19)13-5-6-14(10-17)15(9-13)18-11-16(2,3)7-8-20-4/h5-6,9,18H,7-8,11H2,1-4H3. The van der Waals surface area contributed by atoms with E-state index in [1.807, 2.05) is 0 Å². The highest BCUT2D eigenvalue weighted by Gasteiger charge is 2.18. The lowest BCUT2D eigenvalue weighted by Gasteiger charge is -2.25. The van der Waals surface area contributed by atoms with Gasteiger partial charge in [0.1, 0.15) is 6.07 Å². The largest absolute Gasteiger partial charge is 0.385 e. The predicted molar refractivity (Wildman–Crippen MR) is 79.9 cm³/mol. The Morgan fingerprint density at radius 2 is 2.15 bits per heavy atom. The summed E-state index contributed by atoms with van der Waals surface area (Å²) in [5.41, 5.74) is 1.93. The molecule has 1 aromatic carbocycles. The third kappa shape index (κ3) is 4.67. The molecule has 0 atom stereocenters. The Hall–Kier alpha value is -1.86. The van der Waals surface area contributed by atoms with Crippen LogP contribution in [0, 0.1) is 16.7 Å². The summed E-state index contributed by atoms with van der Waals surface area (Å²) in [5, 5.41) is 12.4. The lowest BCUT2D eigenvalue weighted by atomic mass is 9.89. The van der Waals surface area contributed by atoms with Gasteiger partial charge in [-0.25, -0.2) is 0 Å². The summed E-state index contributed by atoms with van der Waals surface area (Å²) in [7, 11) is 1.69. The Bertz CT molecular complexity index is 516. The van der Waals surface area contributed by atoms with Crippen molar-refractivity contribution in [2.45, 2.75) is 27.2 Å². The number of carbonyl (C=O) groups is 1. The van der Waals surface area contributed by atoms with Gasteiger partial charge in [0.05, 0.1) is 11.3 Å². The number of benzene rings is 1. The number of ketones is 1. The second kappa shape index (κ2) is 7.06. The van der Waals surface area contributed by atoms with Crippen molar-refractivity contribution in [1.29, 1.82) is 5.26 Å². The molecule has 0 fully saturated rings. The Morgan fingerprint density at radius 3 is 2.70 bits per heavy atom. The van der Waals surface area contributed by atoms with E-state index >= 15 is 0 Å². The summed E-state index contributed by atoms with van der Waals surface area (Å²) in [5.74, 6) is -0.00353. The van der Waals surface area contributed by atoms with Gasteiger partial charge in [-0.1, -0.05) is 13.8 Å². The summed E-state index contributed by atoms with van der Waals surface area (Å²) < 4.78 is 5.10. The molecule has 0 saturated carbocycles. The molecular weight excluding hydrogens is 252 g/mol. The average Bonchev–Trinajstić information content (AvgIpc) is 2.42. The van der Waals surface area contributed by atoms with Crippen molar-refractivity contribution in [2.75, 3.05) is 25.6 Å². The van der Waals surface area contributed by atoms with Crippen molar-refractivity contribution in [2.24, 2.45) is 5.41 Å². The maximum absolute atomic E-state index is 11.4. The van der Waals surface area contributed by atoms with Crippen molar-refractivity contribution in [1.82, 2.24) is 0 Å². The van der Waals surface area contributed by atoms with Crippen LogP contribution in [-0.2, 0) is 4.74 Å². The first-order valence-electron chi connectivity index (χ1n) is 6.67. The monoisotopic (exact) mass is 274 g/mol. The maximum Gasteiger partial charge on any atom is 0.159 e. The number of anilines is 1. The number of hydrogen-bond donors (Lipinski definition) is 1. The minimum atomic E-state index is -0.00353. The van der Waals surface area contributed by atoms with Gasteiger partial charge in [0, 0.05) is 25.8 Å². The summed E-state index contributed by atoms with van der Waals surface area (Å²) in [6.45, 7) is 7.22. The van der Waals surface area contributed by atoms with Gasteiger partial charge >= 0.3 is 0 Å². The molecule has 1 aromatic rings. The minimum Gasteiger partial charge on any atom is -0.385 e. The van der Waals surface area contributed by atoms with E-state index in [-0.39, 0.29) is 11.2 Å². The minimum absolute atomic E-state index is 0.00353. The first-order valence-corrected chi connectivity index (χ1v) is 6.67. The van der Waals surface area contributed by atoms with Crippen molar-refractivity contribution in [3.63, 3.8) is 0 Å². The number of ether oxygens (including phenoxy) is 1. The fourth-order valence-corrected chi connectivity index (χ4v) is 1.81. The van der Waals surface area contributed by atoms with E-state index in [4.69, 9.17) is 10.00 Å². The zero-order valence-electron chi connectivity index (χ0n) is 12.6. The van der Waals surface area contributed by atoms with E-state index in [9.17, 15) is 4.79 Å². The number of hydrogen-bond acceptors (Lipinski definition) is 4. The Morgan fingerprint density at radius 1 is 1.45 bits per heavy atom. The van der Waals surface area contributed by atoms with Crippen molar-refractivity contribution >= 4 is 11.5 Å². The van der Waals surface area contributed by atoms with Crippen LogP contribution in [0.5, 0.6) is 0 Å². The molecule has 108 valence electrons. The van der Waals surface area contributed by atoms with Gasteiger partial charge in [-0.3, -0.25) is 4.79 Å². The number of methoxy groups -OCH3 is 1. The first kappa shape index (κ1) is 16.2. The second-order valence-corrected chi connectivity index (χ2v) is 5.69. The fraction of sp³-hybridized carbons (Fsp3) is 0.500. The molecule has 1 rings (SSSR count). The second-order valence-electron chi connectivity index (χ2n) is 5.69. The Labute approximate surface area is 120 Å². The highest BCUT2D eigenvalue weighted by atomic mass is 16.5. The number of nitrogens with one attached hydrogen (secondary N) is 1. The average molecular weight is 274 g/mol. The van der Waals surface area contributed by atoms with Gasteiger partial charge in [0.25, 0.3) is 0 Å². The Balaban J connectivity index is 2.83. The predicted octanol–water partition coefficient (Wildman–Crippen LogP) is 3.24. The zero-order chi connectivity index (χ0) is 15.2. The molecule has 0 radical (unpaired) electrons. The summed E-state index contributed by atoms with van der Waals surface area (Å²) in [6, 6.07) is 7.25. The van der Waals surface area contributed by atoms with E-state index in [1.54, 1.807) is 25.3 Å². The summed E-state index contributed by atoms with van der Waals surface area (Å²) >= 11 is 0. The number of rotatable bonds is 7. The van der Waals surface area contributed by atoms with Crippen LogP contribution in [0.1, 0.15) is 43.1 Å². The van der Waals surface area contributed by atoms with Crippen LogP contribution >= 0.6 is 0 Å². The molecule has 0 heterocycles. The summed E-state index contributed by atoms with van der Waals surface area (Å²) in [4.78, 5) is 11.4. The molecule has 4 heteroatoms. The van der Waals surface area contributed by atoms with Gasteiger partial charge in [-0.2, -0.15) is 5.26 Å². The van der Waals surface area contributed by atoms with Crippen molar-refractivity contribution < 1.29 is 9.53 Å². The van der Waals surface area contributed by atoms with Crippen molar-refractivity contribution in [3.05, 3.63) is 29.3 Å². The molecule has 20 heavy (non-hydrogen) atoms. The maximum atomic E-state index is 11.4. The van der Waals surface area contributed by atoms with E-state index < -0.39 is 0 Å². The summed E-state index contributed by atoms with van der Waals surface area (Å²) in [6.07, 6.45) is 0.921. The van der Waals surface area contributed by atoms with E-state index in [0.29, 0.717) is 30.0 Å². The first-order chi connectivity index (χ1) is 9.39. The van der Waals surface area contributed by atoms with Crippen LogP contribution in [0.25, 0.3) is 0 Å². The third-order valence-corrected chi connectivity index (χ3v) is 3.29. The van der Waals surface area contributed by atoms with Crippen LogP contribution < -0.4 is 5.32 Å². The van der Waals surface area contributed by atoms with Crippen molar-refractivity contribution in [3.8, 4) is 6.07 Å². The topological polar surface area (TPSA) is 62.1 Å². The van der Waals surface area contributed by atoms with Gasteiger partial charge < -0.3 is 10.1 Å². The molecular formula is C16H22N2O2. The molecule has 0 aliphatic rings. The van der Waals surface area contributed by atoms with E-state index in [2.05, 4.69) is 25.2 Å². The molecule has 0 bridgehead atoms. The molecule has 0 saturated heterocycles. The van der Waals surface area contributed by atoms with Crippen LogP contribution in [0.3, 0.4) is 0 Å². The highest BCUT2D eigenvalue weighted by molar-refractivity contribution is 5.95. The molecule has 0 unspecified atom stereocenters.